The fourth-order valence-corrected chi connectivity index (χ4v) is 3.09. The van der Waals surface area contributed by atoms with Gasteiger partial charge >= 0.3 is 0 Å². The van der Waals surface area contributed by atoms with E-state index in [0.29, 0.717) is 12.8 Å². The molecule has 0 radical (unpaired) electrons. The van der Waals surface area contributed by atoms with Crippen LogP contribution in [-0.2, 0) is 10.8 Å². The minimum Gasteiger partial charge on any atom is -0.423 e. The molecule has 0 saturated heterocycles. The Balaban J connectivity index is 2.19. The molecule has 26 heavy (non-hydrogen) atoms. The van der Waals surface area contributed by atoms with Gasteiger partial charge in [0.25, 0.3) is 0 Å². The molecule has 0 N–H and O–H groups in total. The molecule has 1 aromatic carbocycles. The summed E-state index contributed by atoms with van der Waals surface area (Å²) in [6.07, 6.45) is 8.45. The summed E-state index contributed by atoms with van der Waals surface area (Å²) < 4.78 is 71.8. The standard InChI is InChI=1S/C19H29F5OSi/c1-19(2,25-26)12-10-8-6-4-3-5-7-9-11-13-14(20)16(22)18(24)17(23)15(13)21/h3-12H2,1-2,26H3. The Morgan fingerprint density at radius 1 is 0.654 bits per heavy atom. The van der Waals surface area contributed by atoms with Crippen LogP contribution in [0.5, 0.6) is 0 Å². The molecular weight excluding hydrogens is 367 g/mol. The number of hydrogen-bond donors (Lipinski definition) is 0. The Labute approximate surface area is 155 Å². The van der Waals surface area contributed by atoms with Crippen LogP contribution in [0, 0.1) is 29.1 Å². The lowest BCUT2D eigenvalue weighted by Crippen LogP contribution is -2.22. The molecule has 0 amide bonds. The molecule has 7 heteroatoms. The maximum atomic E-state index is 13.5. The average molecular weight is 397 g/mol. The third-order valence-corrected chi connectivity index (χ3v) is 5.91. The van der Waals surface area contributed by atoms with E-state index in [-0.39, 0.29) is 12.0 Å². The predicted octanol–water partition coefficient (Wildman–Crippen LogP) is 5.51. The van der Waals surface area contributed by atoms with Crippen LogP contribution in [0.4, 0.5) is 22.0 Å². The van der Waals surface area contributed by atoms with E-state index in [4.69, 9.17) is 4.43 Å². The van der Waals surface area contributed by atoms with Gasteiger partial charge in [-0.2, -0.15) is 0 Å². The zero-order chi connectivity index (χ0) is 19.7. The molecule has 0 aromatic heterocycles. The second-order valence-electron chi connectivity index (χ2n) is 7.34. The molecule has 150 valence electrons. The van der Waals surface area contributed by atoms with Gasteiger partial charge < -0.3 is 4.43 Å². The maximum Gasteiger partial charge on any atom is 0.200 e. The smallest absolute Gasteiger partial charge is 0.200 e. The van der Waals surface area contributed by atoms with Crippen molar-refractivity contribution in [1.29, 1.82) is 0 Å². The van der Waals surface area contributed by atoms with E-state index in [9.17, 15) is 22.0 Å². The largest absolute Gasteiger partial charge is 0.423 e. The van der Waals surface area contributed by atoms with Gasteiger partial charge in [0.1, 0.15) is 10.5 Å². The van der Waals surface area contributed by atoms with Crippen molar-refractivity contribution in [3.05, 3.63) is 34.6 Å². The Morgan fingerprint density at radius 2 is 1.04 bits per heavy atom. The zero-order valence-electron chi connectivity index (χ0n) is 15.9. The molecular formula is C19H29F5OSi. The molecule has 0 unspecified atom stereocenters. The summed E-state index contributed by atoms with van der Waals surface area (Å²) in [7, 11) is 0.749. The summed E-state index contributed by atoms with van der Waals surface area (Å²) >= 11 is 0. The molecule has 1 nitrogen and oxygen atoms in total. The molecule has 0 heterocycles. The first-order valence-electron chi connectivity index (χ1n) is 9.26. The Hall–Kier alpha value is -0.953. The van der Waals surface area contributed by atoms with Crippen molar-refractivity contribution in [2.24, 2.45) is 0 Å². The lowest BCUT2D eigenvalue weighted by molar-refractivity contribution is 0.109. The van der Waals surface area contributed by atoms with E-state index in [2.05, 4.69) is 13.8 Å². The molecule has 0 saturated carbocycles. The summed E-state index contributed by atoms with van der Waals surface area (Å²) in [5.41, 5.74) is -0.721. The van der Waals surface area contributed by atoms with Gasteiger partial charge in [-0.3, -0.25) is 0 Å². The zero-order valence-corrected chi connectivity index (χ0v) is 17.9. The van der Waals surface area contributed by atoms with Crippen LogP contribution < -0.4 is 0 Å². The SMILES string of the molecule is CC(C)(CCCCCCCCCCc1c(F)c(F)c(F)c(F)c1F)O[SiH3]. The summed E-state index contributed by atoms with van der Waals surface area (Å²) in [5.74, 6) is -9.23. The Bertz CT molecular complexity index is 549. The highest BCUT2D eigenvalue weighted by Gasteiger charge is 2.25. The number of hydrogen-bond acceptors (Lipinski definition) is 1. The Morgan fingerprint density at radius 3 is 1.50 bits per heavy atom. The van der Waals surface area contributed by atoms with Crippen molar-refractivity contribution >= 4 is 10.5 Å². The topological polar surface area (TPSA) is 9.23 Å². The highest BCUT2D eigenvalue weighted by Crippen LogP contribution is 2.25. The summed E-state index contributed by atoms with van der Waals surface area (Å²) in [6.45, 7) is 4.20. The van der Waals surface area contributed by atoms with E-state index in [0.717, 1.165) is 55.4 Å². The van der Waals surface area contributed by atoms with Gasteiger partial charge in [0.2, 0.25) is 5.82 Å². The quantitative estimate of drug-likeness (QED) is 0.149. The Kier molecular flexibility index (Phi) is 9.78. The second kappa shape index (κ2) is 11.0. The normalized spacial score (nSPS) is 12.1. The van der Waals surface area contributed by atoms with E-state index >= 15 is 0 Å². The van der Waals surface area contributed by atoms with Crippen LogP contribution >= 0.6 is 0 Å². The van der Waals surface area contributed by atoms with E-state index < -0.39 is 34.6 Å². The van der Waals surface area contributed by atoms with Crippen LogP contribution in [0.2, 0.25) is 0 Å². The van der Waals surface area contributed by atoms with E-state index in [1.807, 2.05) is 0 Å². The van der Waals surface area contributed by atoms with E-state index in [1.54, 1.807) is 0 Å². The van der Waals surface area contributed by atoms with Crippen LogP contribution in [0.3, 0.4) is 0 Å². The van der Waals surface area contributed by atoms with Gasteiger partial charge in [0.15, 0.2) is 23.3 Å². The van der Waals surface area contributed by atoms with Crippen molar-refractivity contribution in [2.75, 3.05) is 0 Å². The minimum atomic E-state index is -2.10. The van der Waals surface area contributed by atoms with Crippen molar-refractivity contribution in [1.82, 2.24) is 0 Å². The monoisotopic (exact) mass is 396 g/mol. The molecule has 0 aliphatic carbocycles. The predicted molar refractivity (Wildman–Crippen MR) is 96.6 cm³/mol. The van der Waals surface area contributed by atoms with Crippen molar-refractivity contribution in [3.63, 3.8) is 0 Å². The van der Waals surface area contributed by atoms with Gasteiger partial charge in [-0.1, -0.05) is 44.9 Å². The summed E-state index contributed by atoms with van der Waals surface area (Å²) in [5, 5.41) is 0. The molecule has 0 bridgehead atoms. The van der Waals surface area contributed by atoms with Crippen molar-refractivity contribution in [2.45, 2.75) is 83.7 Å². The highest BCUT2D eigenvalue weighted by atomic mass is 28.2. The fourth-order valence-electron chi connectivity index (χ4n) is 2.89. The highest BCUT2D eigenvalue weighted by molar-refractivity contribution is 5.98. The molecule has 1 rings (SSSR count). The van der Waals surface area contributed by atoms with Crippen LogP contribution in [0.1, 0.15) is 77.2 Å². The lowest BCUT2D eigenvalue weighted by Gasteiger charge is -2.23. The van der Waals surface area contributed by atoms with Gasteiger partial charge in [-0.05, 0) is 33.1 Å². The molecule has 1 aromatic rings. The first-order chi connectivity index (χ1) is 12.2. The van der Waals surface area contributed by atoms with Crippen molar-refractivity contribution < 1.29 is 26.4 Å². The van der Waals surface area contributed by atoms with Gasteiger partial charge in [-0.25, -0.2) is 22.0 Å². The van der Waals surface area contributed by atoms with Crippen molar-refractivity contribution in [3.8, 4) is 0 Å². The fraction of sp³-hybridized carbons (Fsp3) is 0.684. The van der Waals surface area contributed by atoms with Gasteiger partial charge in [0, 0.05) is 11.2 Å². The molecule has 0 atom stereocenters. The third-order valence-electron chi connectivity index (χ3n) is 4.81. The number of unbranched alkanes of at least 4 members (excludes halogenated alkanes) is 7. The summed E-state index contributed by atoms with van der Waals surface area (Å²) in [6, 6.07) is 0. The maximum absolute atomic E-state index is 13.5. The molecule has 0 fully saturated rings. The van der Waals surface area contributed by atoms with Gasteiger partial charge in [0.05, 0.1) is 0 Å². The summed E-state index contributed by atoms with van der Waals surface area (Å²) in [4.78, 5) is 0. The second-order valence-corrected chi connectivity index (χ2v) is 7.75. The first-order valence-corrected chi connectivity index (χ1v) is 10.1. The first kappa shape index (κ1) is 23.1. The van der Waals surface area contributed by atoms with Crippen LogP contribution in [-0.4, -0.2) is 16.1 Å². The van der Waals surface area contributed by atoms with Crippen LogP contribution in [0.25, 0.3) is 0 Å². The number of benzene rings is 1. The minimum absolute atomic E-state index is 0.0178. The average Bonchev–Trinajstić information content (AvgIpc) is 2.62. The number of rotatable bonds is 12. The molecule has 0 spiro atoms. The number of halogens is 5. The molecule has 0 aliphatic heterocycles. The molecule has 0 aliphatic rings. The van der Waals surface area contributed by atoms with Crippen LogP contribution in [0.15, 0.2) is 0 Å². The van der Waals surface area contributed by atoms with Gasteiger partial charge in [-0.15, -0.1) is 0 Å². The lowest BCUT2D eigenvalue weighted by atomic mass is 9.99. The van der Waals surface area contributed by atoms with E-state index in [1.165, 1.54) is 0 Å². The third kappa shape index (κ3) is 6.99.